The molecule has 0 aliphatic rings. The van der Waals surface area contributed by atoms with Gasteiger partial charge in [0.25, 0.3) is 0 Å². The van der Waals surface area contributed by atoms with Gasteiger partial charge in [-0.25, -0.2) is 13.1 Å². The smallest absolute Gasteiger partial charge is 0.212 e. The second-order valence-corrected chi connectivity index (χ2v) is 8.41. The minimum absolute atomic E-state index is 0.0213. The van der Waals surface area contributed by atoms with Crippen molar-refractivity contribution < 1.29 is 13.5 Å². The van der Waals surface area contributed by atoms with E-state index in [0.717, 1.165) is 4.90 Å². The molecule has 0 unspecified atom stereocenters. The van der Waals surface area contributed by atoms with E-state index in [1.807, 2.05) is 18.2 Å². The number of rotatable bonds is 8. The highest BCUT2D eigenvalue weighted by Crippen LogP contribution is 2.24. The number of nitrogen functional groups attached to an aromatic ring is 1. The van der Waals surface area contributed by atoms with Crippen molar-refractivity contribution in [1.82, 2.24) is 4.72 Å². The molecule has 0 aromatic heterocycles. The third-order valence-electron chi connectivity index (χ3n) is 2.73. The third-order valence-corrected chi connectivity index (χ3v) is 5.40. The lowest BCUT2D eigenvalue weighted by molar-refractivity contribution is 0.163. The van der Waals surface area contributed by atoms with E-state index >= 15 is 0 Å². The molecule has 0 heterocycles. The molecule has 0 fully saturated rings. The summed E-state index contributed by atoms with van der Waals surface area (Å²) in [6, 6.07) is 7.37. The van der Waals surface area contributed by atoms with Crippen molar-refractivity contribution >= 4 is 27.5 Å². The first-order valence-corrected chi connectivity index (χ1v) is 8.95. The van der Waals surface area contributed by atoms with Gasteiger partial charge in [-0.2, -0.15) is 0 Å². The fourth-order valence-corrected chi connectivity index (χ4v) is 3.90. The number of sulfonamides is 1. The van der Waals surface area contributed by atoms with Crippen molar-refractivity contribution in [3.05, 3.63) is 24.3 Å². The number of thioether (sulfide) groups is 1. The lowest BCUT2D eigenvalue weighted by Gasteiger charge is -2.21. The summed E-state index contributed by atoms with van der Waals surface area (Å²) in [5.74, 6) is 0.455. The topological polar surface area (TPSA) is 92.4 Å². The predicted octanol–water partition coefficient (Wildman–Crippen LogP) is 1.30. The van der Waals surface area contributed by atoms with Gasteiger partial charge in [-0.3, -0.25) is 0 Å². The van der Waals surface area contributed by atoms with Gasteiger partial charge in [-0.05, 0) is 12.1 Å². The summed E-state index contributed by atoms with van der Waals surface area (Å²) >= 11 is 1.42. The summed E-state index contributed by atoms with van der Waals surface area (Å²) in [4.78, 5) is 0.887. The minimum atomic E-state index is -3.33. The SMILES string of the molecule is CC(C)(CO)CNS(=O)(=O)CCSc1ccccc1N. The van der Waals surface area contributed by atoms with Crippen LogP contribution in [0.4, 0.5) is 5.69 Å². The number of aliphatic hydroxyl groups is 1. The molecule has 5 nitrogen and oxygen atoms in total. The van der Waals surface area contributed by atoms with Crippen LogP contribution in [-0.2, 0) is 10.0 Å². The van der Waals surface area contributed by atoms with Gasteiger partial charge < -0.3 is 10.8 Å². The second kappa shape index (κ2) is 7.31. The van der Waals surface area contributed by atoms with Gasteiger partial charge in [0, 0.05) is 34.9 Å². The van der Waals surface area contributed by atoms with Crippen molar-refractivity contribution in [2.45, 2.75) is 18.7 Å². The Bertz CT molecular complexity index is 530. The highest BCUT2D eigenvalue weighted by atomic mass is 32.2. The van der Waals surface area contributed by atoms with E-state index in [-0.39, 0.29) is 18.9 Å². The molecule has 1 aromatic rings. The van der Waals surface area contributed by atoms with Gasteiger partial charge in [0.05, 0.1) is 5.75 Å². The first kappa shape index (κ1) is 17.3. The molecular formula is C13H22N2O3S2. The molecule has 0 atom stereocenters. The Balaban J connectivity index is 2.43. The predicted molar refractivity (Wildman–Crippen MR) is 84.2 cm³/mol. The maximum atomic E-state index is 11.8. The highest BCUT2D eigenvalue weighted by Gasteiger charge is 2.20. The van der Waals surface area contributed by atoms with Crippen LogP contribution in [0, 0.1) is 5.41 Å². The molecule has 0 radical (unpaired) electrons. The zero-order valence-electron chi connectivity index (χ0n) is 11.8. The molecule has 114 valence electrons. The highest BCUT2D eigenvalue weighted by molar-refractivity contribution is 8.00. The van der Waals surface area contributed by atoms with E-state index in [1.165, 1.54) is 11.8 Å². The molecule has 0 aliphatic heterocycles. The number of anilines is 1. The number of hydrogen-bond donors (Lipinski definition) is 3. The van der Waals surface area contributed by atoms with Crippen LogP contribution >= 0.6 is 11.8 Å². The van der Waals surface area contributed by atoms with Crippen LogP contribution in [0.3, 0.4) is 0 Å². The largest absolute Gasteiger partial charge is 0.398 e. The Hall–Kier alpha value is -0.760. The van der Waals surface area contributed by atoms with E-state index in [4.69, 9.17) is 10.8 Å². The number of nitrogens with two attached hydrogens (primary N) is 1. The lowest BCUT2D eigenvalue weighted by atomic mass is 9.96. The standard InChI is InChI=1S/C13H22N2O3S2/c1-13(2,10-16)9-15-20(17,18)8-7-19-12-6-4-3-5-11(12)14/h3-6,15-16H,7-10,14H2,1-2H3. The summed E-state index contributed by atoms with van der Waals surface area (Å²) in [5, 5.41) is 9.09. The van der Waals surface area contributed by atoms with E-state index in [9.17, 15) is 8.42 Å². The molecule has 0 saturated heterocycles. The molecule has 1 aromatic carbocycles. The molecule has 20 heavy (non-hydrogen) atoms. The van der Waals surface area contributed by atoms with E-state index in [2.05, 4.69) is 4.72 Å². The van der Waals surface area contributed by atoms with Gasteiger partial charge in [0.1, 0.15) is 0 Å². The van der Waals surface area contributed by atoms with E-state index in [1.54, 1.807) is 19.9 Å². The summed E-state index contributed by atoms with van der Waals surface area (Å²) in [6.07, 6.45) is 0. The Labute approximate surface area is 125 Å². The maximum Gasteiger partial charge on any atom is 0.212 e. The summed E-state index contributed by atoms with van der Waals surface area (Å²) in [7, 11) is -3.33. The molecule has 0 saturated carbocycles. The normalized spacial score (nSPS) is 12.6. The average Bonchev–Trinajstić information content (AvgIpc) is 2.39. The quantitative estimate of drug-likeness (QED) is 0.496. The van der Waals surface area contributed by atoms with Crippen LogP contribution in [0.15, 0.2) is 29.2 Å². The summed E-state index contributed by atoms with van der Waals surface area (Å²) < 4.78 is 26.2. The van der Waals surface area contributed by atoms with Gasteiger partial charge in [0.15, 0.2) is 0 Å². The number of aliphatic hydroxyl groups excluding tert-OH is 1. The Kier molecular flexibility index (Phi) is 6.32. The molecule has 0 spiro atoms. The van der Waals surface area contributed by atoms with Gasteiger partial charge >= 0.3 is 0 Å². The summed E-state index contributed by atoms with van der Waals surface area (Å²) in [6.45, 7) is 3.76. The monoisotopic (exact) mass is 318 g/mol. The lowest BCUT2D eigenvalue weighted by Crippen LogP contribution is -2.37. The number of para-hydroxylation sites is 1. The Morgan fingerprint density at radius 2 is 2.00 bits per heavy atom. The summed E-state index contributed by atoms with van der Waals surface area (Å²) in [5.41, 5.74) is 5.99. The van der Waals surface area contributed by atoms with Crippen LogP contribution in [0.25, 0.3) is 0 Å². The van der Waals surface area contributed by atoms with E-state index in [0.29, 0.717) is 11.4 Å². The Morgan fingerprint density at radius 1 is 1.35 bits per heavy atom. The van der Waals surface area contributed by atoms with Crippen molar-refractivity contribution in [3.63, 3.8) is 0 Å². The molecule has 1 rings (SSSR count). The first-order chi connectivity index (χ1) is 9.26. The van der Waals surface area contributed by atoms with Crippen LogP contribution in [0.2, 0.25) is 0 Å². The van der Waals surface area contributed by atoms with E-state index < -0.39 is 15.4 Å². The fourth-order valence-electron chi connectivity index (χ4n) is 1.31. The van der Waals surface area contributed by atoms with Crippen LogP contribution in [0.5, 0.6) is 0 Å². The molecule has 7 heteroatoms. The van der Waals surface area contributed by atoms with Crippen LogP contribution in [0.1, 0.15) is 13.8 Å². The zero-order chi connectivity index (χ0) is 15.2. The van der Waals surface area contributed by atoms with Crippen molar-refractivity contribution in [2.24, 2.45) is 5.41 Å². The second-order valence-electron chi connectivity index (χ2n) is 5.35. The molecule has 0 aliphatic carbocycles. The van der Waals surface area contributed by atoms with Crippen LogP contribution < -0.4 is 10.5 Å². The molecular weight excluding hydrogens is 296 g/mol. The molecule has 0 bridgehead atoms. The number of benzene rings is 1. The van der Waals surface area contributed by atoms with Gasteiger partial charge in [-0.15, -0.1) is 11.8 Å². The van der Waals surface area contributed by atoms with Crippen molar-refractivity contribution in [2.75, 3.05) is 30.4 Å². The first-order valence-electron chi connectivity index (χ1n) is 6.31. The number of hydrogen-bond acceptors (Lipinski definition) is 5. The molecule has 0 amide bonds. The van der Waals surface area contributed by atoms with Crippen molar-refractivity contribution in [1.29, 1.82) is 0 Å². The Morgan fingerprint density at radius 3 is 2.60 bits per heavy atom. The van der Waals surface area contributed by atoms with Gasteiger partial charge in [-0.1, -0.05) is 26.0 Å². The zero-order valence-corrected chi connectivity index (χ0v) is 13.4. The van der Waals surface area contributed by atoms with Crippen LogP contribution in [-0.4, -0.2) is 38.2 Å². The minimum Gasteiger partial charge on any atom is -0.398 e. The average molecular weight is 318 g/mol. The fraction of sp³-hybridized carbons (Fsp3) is 0.538. The molecule has 4 N–H and O–H groups in total. The maximum absolute atomic E-state index is 11.8. The number of nitrogens with one attached hydrogen (secondary N) is 1. The third kappa shape index (κ3) is 6.13. The van der Waals surface area contributed by atoms with Crippen molar-refractivity contribution in [3.8, 4) is 0 Å². The van der Waals surface area contributed by atoms with Gasteiger partial charge in [0.2, 0.25) is 10.0 Å².